The van der Waals surface area contributed by atoms with Crippen LogP contribution in [0, 0.1) is 0 Å². The lowest BCUT2D eigenvalue weighted by Gasteiger charge is -2.50. The number of nitrogens with one attached hydrogen (secondary N) is 1. The van der Waals surface area contributed by atoms with Gasteiger partial charge in [0.1, 0.15) is 24.2 Å². The molecule has 3 N–H and O–H groups in total. The number of hydrogen-bond donors (Lipinski definition) is 2. The number of amides is 2. The SMILES string of the molecule is CCOc1ccc[n+](CC2=C(C(=O)[O-])N3C(=O)[C@@H](NC(=O)/C(=N\OC)c4csc(N)n4)[C@H]3SC2)c1. The van der Waals surface area contributed by atoms with Crippen molar-refractivity contribution in [2.75, 3.05) is 25.2 Å². The molecule has 0 unspecified atom stereocenters. The standard InChI is InChI=1S/C21H22N6O6S2/c1-3-33-12-5-4-6-26(8-12)7-11-9-34-19-15(18(29)27(19)16(11)20(30)31)24-17(28)14(25-32-2)13-10-35-21(22)23-13/h4-6,8,10,15,19H,3,7,9H2,1-2H3,(H3-,22,23,24,28,30,31)/b25-14-/t15-,19-/m1/s1. The molecule has 14 heteroatoms. The number of carboxylic acids is 1. The summed E-state index contributed by atoms with van der Waals surface area (Å²) in [6.45, 7) is 2.60. The zero-order valence-corrected chi connectivity index (χ0v) is 20.4. The molecule has 1 fully saturated rings. The number of thiazole rings is 1. The quantitative estimate of drug-likeness (QED) is 0.181. The number of carbonyl (C=O) groups is 3. The molecule has 35 heavy (non-hydrogen) atoms. The van der Waals surface area contributed by atoms with Crippen LogP contribution in [0.25, 0.3) is 0 Å². The van der Waals surface area contributed by atoms with Gasteiger partial charge in [0.05, 0.1) is 18.3 Å². The Morgan fingerprint density at radius 3 is 2.91 bits per heavy atom. The van der Waals surface area contributed by atoms with Gasteiger partial charge in [0.2, 0.25) is 6.20 Å². The van der Waals surface area contributed by atoms with Gasteiger partial charge in [-0.1, -0.05) is 5.16 Å². The molecule has 1 saturated heterocycles. The third-order valence-corrected chi connectivity index (χ3v) is 7.22. The van der Waals surface area contributed by atoms with E-state index in [4.69, 9.17) is 15.3 Å². The minimum absolute atomic E-state index is 0.144. The summed E-state index contributed by atoms with van der Waals surface area (Å²) in [7, 11) is 1.27. The minimum atomic E-state index is -1.45. The highest BCUT2D eigenvalue weighted by Crippen LogP contribution is 2.40. The highest BCUT2D eigenvalue weighted by atomic mass is 32.2. The van der Waals surface area contributed by atoms with Crippen LogP contribution in [0.2, 0.25) is 0 Å². The highest BCUT2D eigenvalue weighted by molar-refractivity contribution is 8.00. The first-order valence-electron chi connectivity index (χ1n) is 10.5. The molecule has 0 bridgehead atoms. The fourth-order valence-electron chi connectivity index (χ4n) is 3.76. The van der Waals surface area contributed by atoms with E-state index < -0.39 is 29.2 Å². The van der Waals surface area contributed by atoms with E-state index in [-0.39, 0.29) is 28.8 Å². The number of aromatic nitrogens is 2. The number of aliphatic carboxylic acids is 1. The topological polar surface area (TPSA) is 163 Å². The number of carbonyl (C=O) groups excluding carboxylic acids is 3. The number of rotatable bonds is 9. The number of fused-ring (bicyclic) bond motifs is 1. The van der Waals surface area contributed by atoms with Crippen molar-refractivity contribution in [3.8, 4) is 5.75 Å². The van der Waals surface area contributed by atoms with Gasteiger partial charge >= 0.3 is 0 Å². The average Bonchev–Trinajstić information content (AvgIpc) is 3.26. The van der Waals surface area contributed by atoms with Crippen molar-refractivity contribution in [3.63, 3.8) is 0 Å². The lowest BCUT2D eigenvalue weighted by atomic mass is 10.0. The summed E-state index contributed by atoms with van der Waals surface area (Å²) in [6, 6.07) is 2.64. The van der Waals surface area contributed by atoms with E-state index in [2.05, 4.69) is 15.5 Å². The van der Waals surface area contributed by atoms with E-state index >= 15 is 0 Å². The molecule has 0 aliphatic carbocycles. The summed E-state index contributed by atoms with van der Waals surface area (Å²) in [4.78, 5) is 47.7. The molecule has 0 spiro atoms. The summed E-state index contributed by atoms with van der Waals surface area (Å²) in [5.41, 5.74) is 6.03. The highest BCUT2D eigenvalue weighted by Gasteiger charge is 2.53. The van der Waals surface area contributed by atoms with Crippen molar-refractivity contribution < 1.29 is 33.6 Å². The number of ether oxygens (including phenoxy) is 1. The molecule has 0 radical (unpaired) electrons. The molecule has 0 saturated carbocycles. The number of nitrogens with zero attached hydrogens (tertiary/aromatic N) is 4. The second-order valence-corrected chi connectivity index (χ2v) is 9.43. The van der Waals surface area contributed by atoms with Crippen molar-refractivity contribution >= 4 is 51.7 Å². The number of nitrogens with two attached hydrogens (primary N) is 1. The Morgan fingerprint density at radius 2 is 2.26 bits per heavy atom. The minimum Gasteiger partial charge on any atom is -0.543 e. The van der Waals surface area contributed by atoms with Crippen LogP contribution in [-0.2, 0) is 25.8 Å². The summed E-state index contributed by atoms with van der Waals surface area (Å²) in [5.74, 6) is -1.73. The van der Waals surface area contributed by atoms with Crippen LogP contribution < -0.4 is 25.5 Å². The number of oxime groups is 1. The van der Waals surface area contributed by atoms with Crippen molar-refractivity contribution in [1.29, 1.82) is 0 Å². The number of β-lactam (4-membered cyclic amide) rings is 1. The smallest absolute Gasteiger partial charge is 0.276 e. The van der Waals surface area contributed by atoms with Crippen LogP contribution in [0.4, 0.5) is 5.13 Å². The number of carboxylic acid groups (broad SMARTS) is 1. The molecule has 2 atom stereocenters. The van der Waals surface area contributed by atoms with E-state index in [0.717, 1.165) is 16.2 Å². The first-order valence-corrected chi connectivity index (χ1v) is 12.4. The van der Waals surface area contributed by atoms with Gasteiger partial charge < -0.3 is 30.5 Å². The van der Waals surface area contributed by atoms with Gasteiger partial charge in [0, 0.05) is 22.8 Å². The normalized spacial score (nSPS) is 19.7. The first kappa shape index (κ1) is 24.5. The number of pyridine rings is 1. The van der Waals surface area contributed by atoms with E-state index in [1.54, 1.807) is 34.5 Å². The predicted molar refractivity (Wildman–Crippen MR) is 125 cm³/mol. The zero-order chi connectivity index (χ0) is 25.1. The molecule has 2 aliphatic rings. The third-order valence-electron chi connectivity index (χ3n) is 5.20. The second kappa shape index (κ2) is 10.3. The molecule has 0 aromatic carbocycles. The van der Waals surface area contributed by atoms with Crippen LogP contribution in [0.3, 0.4) is 0 Å². The molecule has 4 rings (SSSR count). The van der Waals surface area contributed by atoms with Crippen molar-refractivity contribution in [1.82, 2.24) is 15.2 Å². The van der Waals surface area contributed by atoms with Gasteiger partial charge in [0.15, 0.2) is 29.3 Å². The Bertz CT molecular complexity index is 1230. The molecule has 2 aromatic rings. The van der Waals surface area contributed by atoms with Gasteiger partial charge in [-0.15, -0.1) is 23.1 Å². The summed E-state index contributed by atoms with van der Waals surface area (Å²) < 4.78 is 7.27. The van der Waals surface area contributed by atoms with Crippen LogP contribution in [0.15, 0.2) is 46.3 Å². The van der Waals surface area contributed by atoms with Gasteiger partial charge in [0.25, 0.3) is 11.8 Å². The maximum Gasteiger partial charge on any atom is 0.276 e. The predicted octanol–water partition coefficient (Wildman–Crippen LogP) is -1.13. The number of thioether (sulfide) groups is 1. The van der Waals surface area contributed by atoms with Gasteiger partial charge in [-0.2, -0.15) is 4.57 Å². The monoisotopic (exact) mass is 518 g/mol. The molecule has 12 nitrogen and oxygen atoms in total. The molecular formula is C21H22N6O6S2. The first-order chi connectivity index (χ1) is 16.8. The van der Waals surface area contributed by atoms with Gasteiger partial charge in [-0.3, -0.25) is 14.5 Å². The second-order valence-electron chi connectivity index (χ2n) is 7.44. The molecule has 2 amide bonds. The maximum atomic E-state index is 12.9. The summed E-state index contributed by atoms with van der Waals surface area (Å²) in [6.07, 6.45) is 3.53. The van der Waals surface area contributed by atoms with Crippen LogP contribution >= 0.6 is 23.1 Å². The Kier molecular flexibility index (Phi) is 7.21. The molecule has 184 valence electrons. The zero-order valence-electron chi connectivity index (χ0n) is 18.8. The van der Waals surface area contributed by atoms with Crippen molar-refractivity contribution in [2.24, 2.45) is 5.16 Å². The Balaban J connectivity index is 1.52. The van der Waals surface area contributed by atoms with Gasteiger partial charge in [-0.25, -0.2) is 4.98 Å². The van der Waals surface area contributed by atoms with Crippen molar-refractivity contribution in [3.05, 3.63) is 46.9 Å². The van der Waals surface area contributed by atoms with Gasteiger partial charge in [-0.05, 0) is 13.0 Å². The maximum absolute atomic E-state index is 12.9. The Hall–Kier alpha value is -3.65. The number of anilines is 1. The molecule has 2 aliphatic heterocycles. The summed E-state index contributed by atoms with van der Waals surface area (Å²) in [5, 5.41) is 19.5. The van der Waals surface area contributed by atoms with E-state index in [9.17, 15) is 19.5 Å². The fourth-order valence-corrected chi connectivity index (χ4v) is 5.65. The average molecular weight is 519 g/mol. The Morgan fingerprint density at radius 1 is 1.46 bits per heavy atom. The van der Waals surface area contributed by atoms with E-state index in [1.807, 2.05) is 6.92 Å². The molecular weight excluding hydrogens is 496 g/mol. The third kappa shape index (κ3) is 4.93. The van der Waals surface area contributed by atoms with E-state index in [1.165, 1.54) is 18.9 Å². The number of hydrogen-bond acceptors (Lipinski definition) is 11. The van der Waals surface area contributed by atoms with Crippen molar-refractivity contribution in [2.45, 2.75) is 24.9 Å². The largest absolute Gasteiger partial charge is 0.543 e. The summed E-state index contributed by atoms with van der Waals surface area (Å²) >= 11 is 2.47. The fraction of sp³-hybridized carbons (Fsp3) is 0.333. The number of nitrogen functional groups attached to an aromatic ring is 1. The molecule has 2 aromatic heterocycles. The van der Waals surface area contributed by atoms with Crippen LogP contribution in [0.1, 0.15) is 12.6 Å². The van der Waals surface area contributed by atoms with E-state index in [0.29, 0.717) is 23.7 Å². The molecule has 4 heterocycles. The lowest BCUT2D eigenvalue weighted by Crippen LogP contribution is -2.71. The van der Waals surface area contributed by atoms with Crippen LogP contribution in [-0.4, -0.2) is 64.3 Å². The lowest BCUT2D eigenvalue weighted by molar-refractivity contribution is -0.689. The Labute approximate surface area is 208 Å². The van der Waals surface area contributed by atoms with Crippen LogP contribution in [0.5, 0.6) is 5.75 Å².